The van der Waals surface area contributed by atoms with Crippen molar-refractivity contribution in [1.82, 2.24) is 15.2 Å². The normalized spacial score (nSPS) is 19.0. The molecular weight excluding hydrogens is 360 g/mol. The number of hydrogen-bond donors (Lipinski definition) is 1. The Hall–Kier alpha value is -1.85. The Morgan fingerprint density at radius 2 is 1.86 bits per heavy atom. The lowest BCUT2D eigenvalue weighted by atomic mass is 9.89. The van der Waals surface area contributed by atoms with Crippen molar-refractivity contribution in [2.24, 2.45) is 5.92 Å². The van der Waals surface area contributed by atoms with Crippen LogP contribution in [0.25, 0.3) is 10.9 Å². The number of fused-ring (bicyclic) bond motifs is 1. The van der Waals surface area contributed by atoms with Gasteiger partial charge in [-0.25, -0.2) is 4.98 Å². The molecule has 2 fully saturated rings. The molecule has 1 aromatic carbocycles. The van der Waals surface area contributed by atoms with Crippen LogP contribution >= 0.6 is 0 Å². The average Bonchev–Trinajstić information content (AvgIpc) is 2.79. The summed E-state index contributed by atoms with van der Waals surface area (Å²) in [5.74, 6) is 2.87. The Balaban J connectivity index is 1.54. The van der Waals surface area contributed by atoms with Gasteiger partial charge in [0.25, 0.3) is 0 Å². The molecule has 1 saturated carbocycles. The van der Waals surface area contributed by atoms with E-state index in [9.17, 15) is 0 Å². The van der Waals surface area contributed by atoms with Crippen LogP contribution in [-0.2, 0) is 6.54 Å². The highest BCUT2D eigenvalue weighted by molar-refractivity contribution is 5.83. The van der Waals surface area contributed by atoms with Crippen molar-refractivity contribution in [3.05, 3.63) is 29.8 Å². The molecule has 1 aromatic heterocycles. The van der Waals surface area contributed by atoms with Gasteiger partial charge in [0, 0.05) is 49.7 Å². The van der Waals surface area contributed by atoms with Gasteiger partial charge in [-0.05, 0) is 50.0 Å². The summed E-state index contributed by atoms with van der Waals surface area (Å²) in [6.45, 7) is 9.73. The van der Waals surface area contributed by atoms with Crippen molar-refractivity contribution in [3.63, 3.8) is 0 Å². The second-order valence-corrected chi connectivity index (χ2v) is 8.59. The number of ether oxygens (including phenoxy) is 1. The van der Waals surface area contributed by atoms with Crippen LogP contribution in [0.4, 0.5) is 5.82 Å². The average molecular weight is 397 g/mol. The summed E-state index contributed by atoms with van der Waals surface area (Å²) < 4.78 is 5.43. The van der Waals surface area contributed by atoms with E-state index < -0.39 is 0 Å². The second kappa shape index (κ2) is 9.77. The summed E-state index contributed by atoms with van der Waals surface area (Å²) >= 11 is 0. The number of piperazine rings is 1. The third-order valence-corrected chi connectivity index (χ3v) is 6.67. The Morgan fingerprint density at radius 3 is 2.59 bits per heavy atom. The van der Waals surface area contributed by atoms with Gasteiger partial charge in [0.1, 0.15) is 11.6 Å². The summed E-state index contributed by atoms with van der Waals surface area (Å²) in [6, 6.07) is 8.55. The molecule has 0 spiro atoms. The monoisotopic (exact) mass is 396 g/mol. The molecule has 158 valence electrons. The van der Waals surface area contributed by atoms with Crippen LogP contribution in [0.2, 0.25) is 0 Å². The summed E-state index contributed by atoms with van der Waals surface area (Å²) in [5.41, 5.74) is 2.34. The molecule has 2 aromatic rings. The third-order valence-electron chi connectivity index (χ3n) is 6.67. The topological polar surface area (TPSA) is 40.6 Å². The van der Waals surface area contributed by atoms with Crippen LogP contribution in [0.3, 0.4) is 0 Å². The van der Waals surface area contributed by atoms with Gasteiger partial charge >= 0.3 is 0 Å². The van der Waals surface area contributed by atoms with Gasteiger partial charge in [-0.1, -0.05) is 26.2 Å². The van der Waals surface area contributed by atoms with Crippen LogP contribution < -0.4 is 15.0 Å². The van der Waals surface area contributed by atoms with Crippen molar-refractivity contribution in [2.75, 3.05) is 51.3 Å². The number of nitrogens with one attached hydrogen (secondary N) is 1. The molecule has 29 heavy (non-hydrogen) atoms. The molecule has 1 N–H and O–H groups in total. The number of likely N-dealkylation sites (N-methyl/N-ethyl adjacent to an activating group) is 1. The number of rotatable bonds is 7. The minimum absolute atomic E-state index is 0.845. The lowest BCUT2D eigenvalue weighted by Crippen LogP contribution is -2.46. The second-order valence-electron chi connectivity index (χ2n) is 8.59. The number of pyridine rings is 1. The predicted molar refractivity (Wildman–Crippen MR) is 121 cm³/mol. The number of hydrogen-bond acceptors (Lipinski definition) is 5. The first-order valence-corrected chi connectivity index (χ1v) is 11.4. The van der Waals surface area contributed by atoms with E-state index in [0.717, 1.165) is 68.8 Å². The summed E-state index contributed by atoms with van der Waals surface area (Å²) in [7, 11) is 1.72. The predicted octanol–water partition coefficient (Wildman–Crippen LogP) is 4.06. The maximum absolute atomic E-state index is 5.43. The highest BCUT2D eigenvalue weighted by Gasteiger charge is 2.21. The standard InChI is InChI=1S/C24H36N4O/c1-3-27-11-13-28(14-12-27)24-21(18-25-17-19-7-5-4-6-8-19)15-20-9-10-22(29-2)16-23(20)26-24/h9-10,15-16,19,25H,3-8,11-14,17-18H2,1-2H3. The third kappa shape index (κ3) is 5.01. The molecule has 2 aliphatic rings. The van der Waals surface area contributed by atoms with Crippen LogP contribution in [-0.4, -0.2) is 56.3 Å². The molecule has 1 aliphatic carbocycles. The van der Waals surface area contributed by atoms with E-state index in [1.54, 1.807) is 7.11 Å². The first kappa shape index (κ1) is 20.4. The largest absolute Gasteiger partial charge is 0.497 e. The van der Waals surface area contributed by atoms with Crippen molar-refractivity contribution >= 4 is 16.7 Å². The van der Waals surface area contributed by atoms with Gasteiger partial charge in [0.15, 0.2) is 0 Å². The molecule has 0 unspecified atom stereocenters. The molecular formula is C24H36N4O. The molecule has 0 atom stereocenters. The molecule has 5 nitrogen and oxygen atoms in total. The Labute approximate surface area is 175 Å². The Morgan fingerprint density at radius 1 is 1.07 bits per heavy atom. The van der Waals surface area contributed by atoms with Gasteiger partial charge in [-0.15, -0.1) is 0 Å². The van der Waals surface area contributed by atoms with Gasteiger partial charge in [0.05, 0.1) is 12.6 Å². The zero-order valence-electron chi connectivity index (χ0n) is 18.1. The van der Waals surface area contributed by atoms with E-state index in [0.29, 0.717) is 0 Å². The lowest BCUT2D eigenvalue weighted by molar-refractivity contribution is 0.270. The van der Waals surface area contributed by atoms with Crippen LogP contribution in [0.1, 0.15) is 44.6 Å². The first-order chi connectivity index (χ1) is 14.3. The SMILES string of the molecule is CCN1CCN(c2nc3cc(OC)ccc3cc2CNCC2CCCCC2)CC1. The van der Waals surface area contributed by atoms with Crippen molar-refractivity contribution in [3.8, 4) is 5.75 Å². The first-order valence-electron chi connectivity index (χ1n) is 11.4. The highest BCUT2D eigenvalue weighted by atomic mass is 16.5. The van der Waals surface area contributed by atoms with Crippen LogP contribution in [0.15, 0.2) is 24.3 Å². The molecule has 4 rings (SSSR count). The van der Waals surface area contributed by atoms with Crippen molar-refractivity contribution < 1.29 is 4.74 Å². The fraction of sp³-hybridized carbons (Fsp3) is 0.625. The van der Waals surface area contributed by atoms with Crippen LogP contribution in [0.5, 0.6) is 5.75 Å². The van der Waals surface area contributed by atoms with Gasteiger partial charge < -0.3 is 19.9 Å². The van der Waals surface area contributed by atoms with Gasteiger partial charge in [0.2, 0.25) is 0 Å². The fourth-order valence-corrected chi connectivity index (χ4v) is 4.79. The molecule has 2 heterocycles. The molecule has 1 saturated heterocycles. The van der Waals surface area contributed by atoms with Crippen LogP contribution in [0, 0.1) is 5.92 Å². The molecule has 1 aliphatic heterocycles. The Bertz CT molecular complexity index is 795. The van der Waals surface area contributed by atoms with E-state index in [1.807, 2.05) is 6.07 Å². The fourth-order valence-electron chi connectivity index (χ4n) is 4.79. The molecule has 0 bridgehead atoms. The van der Waals surface area contributed by atoms with E-state index >= 15 is 0 Å². The molecule has 5 heteroatoms. The lowest BCUT2D eigenvalue weighted by Gasteiger charge is -2.36. The summed E-state index contributed by atoms with van der Waals surface area (Å²) in [4.78, 5) is 10.1. The van der Waals surface area contributed by atoms with E-state index in [2.05, 4.69) is 40.2 Å². The summed E-state index contributed by atoms with van der Waals surface area (Å²) in [5, 5.41) is 4.95. The maximum Gasteiger partial charge on any atom is 0.133 e. The molecule has 0 radical (unpaired) electrons. The number of aromatic nitrogens is 1. The summed E-state index contributed by atoms with van der Waals surface area (Å²) in [6.07, 6.45) is 6.99. The zero-order chi connectivity index (χ0) is 20.1. The van der Waals surface area contributed by atoms with E-state index in [4.69, 9.17) is 9.72 Å². The quantitative estimate of drug-likeness (QED) is 0.764. The van der Waals surface area contributed by atoms with Crippen molar-refractivity contribution in [2.45, 2.75) is 45.6 Å². The smallest absolute Gasteiger partial charge is 0.133 e. The Kier molecular flexibility index (Phi) is 6.88. The number of methoxy groups -OCH3 is 1. The van der Waals surface area contributed by atoms with E-state index in [-0.39, 0.29) is 0 Å². The van der Waals surface area contributed by atoms with E-state index in [1.165, 1.54) is 43.1 Å². The number of nitrogens with zero attached hydrogens (tertiary/aromatic N) is 3. The maximum atomic E-state index is 5.43. The minimum atomic E-state index is 0.845. The van der Waals surface area contributed by atoms with Gasteiger partial charge in [-0.2, -0.15) is 0 Å². The molecule has 0 amide bonds. The number of benzene rings is 1. The highest BCUT2D eigenvalue weighted by Crippen LogP contribution is 2.28. The number of anilines is 1. The zero-order valence-corrected chi connectivity index (χ0v) is 18.1. The van der Waals surface area contributed by atoms with Gasteiger partial charge in [-0.3, -0.25) is 0 Å². The van der Waals surface area contributed by atoms with Crippen molar-refractivity contribution in [1.29, 1.82) is 0 Å². The minimum Gasteiger partial charge on any atom is -0.497 e.